The maximum absolute atomic E-state index is 12.3. The van der Waals surface area contributed by atoms with Crippen LogP contribution in [0.15, 0.2) is 70.5 Å². The second-order valence-electron chi connectivity index (χ2n) is 4.53. The zero-order valence-electron chi connectivity index (χ0n) is 11.2. The molecule has 20 heavy (non-hydrogen) atoms. The van der Waals surface area contributed by atoms with Gasteiger partial charge in [-0.1, -0.05) is 0 Å². The van der Waals surface area contributed by atoms with Gasteiger partial charge in [0.2, 0.25) is 0 Å². The molecule has 4 heteroatoms. The Kier molecular flexibility index (Phi) is 4.81. The molecule has 0 saturated heterocycles. The van der Waals surface area contributed by atoms with E-state index in [1.165, 1.54) is 0 Å². The molecule has 0 aliphatic carbocycles. The molecule has 0 bridgehead atoms. The number of hydrogen-bond donors (Lipinski definition) is 0. The van der Waals surface area contributed by atoms with E-state index in [-0.39, 0.29) is 20.7 Å². The minimum atomic E-state index is -3.28. The van der Waals surface area contributed by atoms with Gasteiger partial charge in [-0.15, -0.1) is 0 Å². The van der Waals surface area contributed by atoms with Gasteiger partial charge in [0, 0.05) is 0 Å². The van der Waals surface area contributed by atoms with E-state index in [1.54, 1.807) is 12.1 Å². The van der Waals surface area contributed by atoms with Gasteiger partial charge < -0.3 is 0 Å². The molecule has 0 N–H and O–H groups in total. The monoisotopic (exact) mass is 352 g/mol. The summed E-state index contributed by atoms with van der Waals surface area (Å²) in [6.45, 7) is 5.87. The molecular formula is C16H16O2SSe. The summed E-state index contributed by atoms with van der Waals surface area (Å²) in [4.78, 5) is 0.369. The van der Waals surface area contributed by atoms with Crippen molar-refractivity contribution < 1.29 is 8.42 Å². The fourth-order valence-corrected chi connectivity index (χ4v) is 5.59. The SMILES string of the molecule is C=C(CS(=O)(=O)c1ccc(C)cc1)[Se]c1ccccc1. The van der Waals surface area contributed by atoms with E-state index in [9.17, 15) is 8.42 Å². The molecule has 0 amide bonds. The Morgan fingerprint density at radius 1 is 1.05 bits per heavy atom. The summed E-state index contributed by atoms with van der Waals surface area (Å²) in [6.07, 6.45) is 0. The van der Waals surface area contributed by atoms with Gasteiger partial charge in [0.25, 0.3) is 0 Å². The minimum absolute atomic E-state index is 0.0149. The molecule has 0 atom stereocenters. The summed E-state index contributed by atoms with van der Waals surface area (Å²) in [6, 6.07) is 16.8. The first-order valence-corrected chi connectivity index (χ1v) is 9.54. The first-order chi connectivity index (χ1) is 9.47. The predicted molar refractivity (Wildman–Crippen MR) is 84.2 cm³/mol. The Morgan fingerprint density at radius 3 is 2.25 bits per heavy atom. The van der Waals surface area contributed by atoms with Gasteiger partial charge in [0.15, 0.2) is 0 Å². The average Bonchev–Trinajstić information content (AvgIpc) is 2.39. The fraction of sp³-hybridized carbons (Fsp3) is 0.125. The van der Waals surface area contributed by atoms with Gasteiger partial charge in [-0.25, -0.2) is 0 Å². The van der Waals surface area contributed by atoms with Crippen molar-refractivity contribution >= 4 is 29.3 Å². The molecule has 0 unspecified atom stereocenters. The van der Waals surface area contributed by atoms with E-state index >= 15 is 0 Å². The summed E-state index contributed by atoms with van der Waals surface area (Å²) in [5.41, 5.74) is 1.05. The van der Waals surface area contributed by atoms with E-state index in [0.29, 0.717) is 4.90 Å². The van der Waals surface area contributed by atoms with E-state index in [4.69, 9.17) is 0 Å². The van der Waals surface area contributed by atoms with Gasteiger partial charge in [0.1, 0.15) is 0 Å². The first-order valence-electron chi connectivity index (χ1n) is 6.17. The number of rotatable bonds is 5. The molecule has 0 aromatic heterocycles. The number of aryl methyl sites for hydroxylation is 1. The third kappa shape index (κ3) is 4.07. The maximum atomic E-state index is 12.3. The summed E-state index contributed by atoms with van der Waals surface area (Å²) >= 11 is -0.0149. The van der Waals surface area contributed by atoms with Gasteiger partial charge in [-0.05, 0) is 0 Å². The van der Waals surface area contributed by atoms with E-state index < -0.39 is 9.84 Å². The van der Waals surface area contributed by atoms with E-state index in [1.807, 2.05) is 49.4 Å². The second kappa shape index (κ2) is 6.40. The van der Waals surface area contributed by atoms with E-state index in [0.717, 1.165) is 14.5 Å². The van der Waals surface area contributed by atoms with Crippen LogP contribution >= 0.6 is 0 Å². The number of sulfone groups is 1. The van der Waals surface area contributed by atoms with Crippen molar-refractivity contribution in [1.82, 2.24) is 0 Å². The second-order valence-corrected chi connectivity index (χ2v) is 9.14. The van der Waals surface area contributed by atoms with Crippen LogP contribution in [0, 0.1) is 6.92 Å². The Hall–Kier alpha value is -1.35. The molecular weight excluding hydrogens is 335 g/mol. The molecule has 0 aliphatic rings. The zero-order chi connectivity index (χ0) is 14.6. The molecule has 0 spiro atoms. The molecule has 0 saturated carbocycles. The van der Waals surface area contributed by atoms with Crippen molar-refractivity contribution in [1.29, 1.82) is 0 Å². The standard InChI is InChI=1S/C16H16O2SSe/c1-13-8-10-15(11-9-13)19(17,18)12-14(2)20-16-6-4-3-5-7-16/h3-11H,2,12H2,1H3. The normalized spacial score (nSPS) is 11.2. The van der Waals surface area contributed by atoms with E-state index in [2.05, 4.69) is 6.58 Å². The van der Waals surface area contributed by atoms with Crippen LogP contribution < -0.4 is 4.46 Å². The fourth-order valence-electron chi connectivity index (χ4n) is 1.73. The average molecular weight is 351 g/mol. The summed E-state index contributed by atoms with van der Waals surface area (Å²) in [7, 11) is -3.28. The van der Waals surface area contributed by atoms with Crippen LogP contribution in [0.3, 0.4) is 0 Å². The Morgan fingerprint density at radius 2 is 1.65 bits per heavy atom. The summed E-state index contributed by atoms with van der Waals surface area (Å²) in [5, 5.41) is 0. The molecule has 2 aromatic carbocycles. The van der Waals surface area contributed by atoms with Crippen molar-refractivity contribution in [3.63, 3.8) is 0 Å². The van der Waals surface area contributed by atoms with Crippen molar-refractivity contribution in [2.75, 3.05) is 5.75 Å². The van der Waals surface area contributed by atoms with Crippen LogP contribution in [-0.4, -0.2) is 29.1 Å². The van der Waals surface area contributed by atoms with Crippen molar-refractivity contribution in [2.24, 2.45) is 0 Å². The van der Waals surface area contributed by atoms with Crippen molar-refractivity contribution in [3.05, 3.63) is 71.2 Å². The van der Waals surface area contributed by atoms with Gasteiger partial charge in [-0.2, -0.15) is 0 Å². The molecule has 0 heterocycles. The Balaban J connectivity index is 2.08. The van der Waals surface area contributed by atoms with Crippen LogP contribution in [0.2, 0.25) is 0 Å². The molecule has 0 radical (unpaired) electrons. The van der Waals surface area contributed by atoms with Gasteiger partial charge >= 0.3 is 126 Å². The van der Waals surface area contributed by atoms with Gasteiger partial charge in [0.05, 0.1) is 0 Å². The first kappa shape index (κ1) is 15.0. The van der Waals surface area contributed by atoms with Crippen molar-refractivity contribution in [3.8, 4) is 0 Å². The molecule has 0 aliphatic heterocycles. The third-order valence-electron chi connectivity index (χ3n) is 2.74. The third-order valence-corrected chi connectivity index (χ3v) is 6.84. The van der Waals surface area contributed by atoms with Crippen molar-refractivity contribution in [2.45, 2.75) is 11.8 Å². The molecule has 2 rings (SSSR count). The Labute approximate surface area is 126 Å². The Bertz CT molecular complexity index is 689. The van der Waals surface area contributed by atoms with Crippen LogP contribution in [-0.2, 0) is 9.84 Å². The van der Waals surface area contributed by atoms with Crippen LogP contribution in [0.5, 0.6) is 0 Å². The summed E-state index contributed by atoms with van der Waals surface area (Å²) in [5.74, 6) is 0.0188. The predicted octanol–water partition coefficient (Wildman–Crippen LogP) is 2.31. The molecule has 2 nitrogen and oxygen atoms in total. The number of hydrogen-bond acceptors (Lipinski definition) is 2. The molecule has 104 valence electrons. The molecule has 2 aromatic rings. The van der Waals surface area contributed by atoms with Crippen LogP contribution in [0.1, 0.15) is 5.56 Å². The van der Waals surface area contributed by atoms with Gasteiger partial charge in [-0.3, -0.25) is 0 Å². The van der Waals surface area contributed by atoms with Crippen LogP contribution in [0.25, 0.3) is 0 Å². The summed E-state index contributed by atoms with van der Waals surface area (Å²) < 4.78 is 26.5. The number of benzene rings is 2. The quantitative estimate of drug-likeness (QED) is 0.775. The zero-order valence-corrected chi connectivity index (χ0v) is 13.8. The van der Waals surface area contributed by atoms with Crippen LogP contribution in [0.4, 0.5) is 0 Å². The molecule has 0 fully saturated rings. The topological polar surface area (TPSA) is 34.1 Å².